The van der Waals surface area contributed by atoms with Crippen LogP contribution < -0.4 is 5.73 Å². The van der Waals surface area contributed by atoms with E-state index in [2.05, 4.69) is 26.0 Å². The Kier molecular flexibility index (Phi) is 42.4. The molecule has 0 spiro atoms. The number of rotatable bonds is 45. The van der Waals surface area contributed by atoms with E-state index >= 15 is 0 Å². The van der Waals surface area contributed by atoms with E-state index in [0.717, 1.165) is 38.5 Å². The number of carbonyl (C=O) groups is 2. The van der Waals surface area contributed by atoms with Gasteiger partial charge < -0.3 is 20.1 Å². The minimum absolute atomic E-state index is 0.0565. The third-order valence-corrected chi connectivity index (χ3v) is 11.4. The maximum absolute atomic E-state index is 12.5. The SMILES string of the molecule is CCCCCCCCCC/C=C\CCCCCCCCCCCCCCCCCCCC(=O)OC(COC(=O)CCCCCCCC)COP(=O)(O)OCCN. The minimum Gasteiger partial charge on any atom is -0.462 e. The van der Waals surface area contributed by atoms with E-state index in [1.54, 1.807) is 0 Å². The first-order valence-corrected chi connectivity index (χ1v) is 25.2. The van der Waals surface area contributed by atoms with E-state index in [0.29, 0.717) is 6.42 Å². The molecule has 0 radical (unpaired) electrons. The zero-order valence-electron chi connectivity index (χ0n) is 36.6. The van der Waals surface area contributed by atoms with E-state index in [1.165, 1.54) is 167 Å². The molecule has 0 amide bonds. The van der Waals surface area contributed by atoms with Crippen molar-refractivity contribution < 1.29 is 37.6 Å². The Morgan fingerprint density at radius 1 is 0.518 bits per heavy atom. The Labute approximate surface area is 345 Å². The van der Waals surface area contributed by atoms with E-state index in [4.69, 9.17) is 24.3 Å². The van der Waals surface area contributed by atoms with Crippen LogP contribution >= 0.6 is 7.82 Å². The van der Waals surface area contributed by atoms with Crippen LogP contribution in [0.25, 0.3) is 0 Å². The van der Waals surface area contributed by atoms with Crippen LogP contribution in [0.3, 0.4) is 0 Å². The van der Waals surface area contributed by atoms with E-state index in [-0.39, 0.29) is 38.6 Å². The molecule has 0 heterocycles. The third kappa shape index (κ3) is 42.4. The van der Waals surface area contributed by atoms with Gasteiger partial charge in [0.05, 0.1) is 13.2 Å². The van der Waals surface area contributed by atoms with Gasteiger partial charge in [-0.1, -0.05) is 199 Å². The first-order valence-electron chi connectivity index (χ1n) is 23.7. The number of phosphoric ester groups is 1. The largest absolute Gasteiger partial charge is 0.472 e. The van der Waals surface area contributed by atoms with Crippen molar-refractivity contribution in [1.29, 1.82) is 0 Å². The number of hydrogen-bond donors (Lipinski definition) is 2. The molecule has 0 aliphatic rings. The highest BCUT2D eigenvalue weighted by Gasteiger charge is 2.26. The number of esters is 2. The summed E-state index contributed by atoms with van der Waals surface area (Å²) in [5.74, 6) is -0.827. The van der Waals surface area contributed by atoms with Gasteiger partial charge in [-0.2, -0.15) is 0 Å². The van der Waals surface area contributed by atoms with Crippen LogP contribution in [-0.4, -0.2) is 49.3 Å². The van der Waals surface area contributed by atoms with Crippen LogP contribution in [0.15, 0.2) is 12.2 Å². The standard InChI is InChI=1S/C46H90NO8P/c1-3-5-7-9-11-12-13-14-15-16-17-18-19-20-21-22-23-24-25-26-27-28-29-30-31-32-33-35-37-39-46(49)55-44(43-54-56(50,51)53-41-40-47)42-52-45(48)38-36-34-10-8-6-4-2/h16-17,44H,3-15,18-43,47H2,1-2H3,(H,50,51)/b17-16-. The second-order valence-corrected chi connectivity index (χ2v) is 17.4. The molecular formula is C46H90NO8P. The van der Waals surface area contributed by atoms with Crippen molar-refractivity contribution in [3.8, 4) is 0 Å². The topological polar surface area (TPSA) is 134 Å². The molecule has 0 bridgehead atoms. The summed E-state index contributed by atoms with van der Waals surface area (Å²) in [6, 6.07) is 0. The molecule has 3 N–H and O–H groups in total. The summed E-state index contributed by atoms with van der Waals surface area (Å²) in [7, 11) is -4.36. The van der Waals surface area contributed by atoms with Crippen LogP contribution in [0.5, 0.6) is 0 Å². The summed E-state index contributed by atoms with van der Waals surface area (Å²) >= 11 is 0. The molecule has 0 rings (SSSR count). The van der Waals surface area contributed by atoms with E-state index in [9.17, 15) is 19.0 Å². The van der Waals surface area contributed by atoms with Crippen molar-refractivity contribution in [1.82, 2.24) is 0 Å². The number of ether oxygens (including phenoxy) is 2. The van der Waals surface area contributed by atoms with Crippen LogP contribution in [0, 0.1) is 0 Å². The smallest absolute Gasteiger partial charge is 0.462 e. The average molecular weight is 816 g/mol. The van der Waals surface area contributed by atoms with Crippen molar-refractivity contribution in [2.45, 2.75) is 245 Å². The lowest BCUT2D eigenvalue weighted by Gasteiger charge is -2.19. The zero-order valence-corrected chi connectivity index (χ0v) is 37.5. The molecule has 2 atom stereocenters. The lowest BCUT2D eigenvalue weighted by atomic mass is 10.0. The summed E-state index contributed by atoms with van der Waals surface area (Å²) in [6.45, 7) is 3.69. The summed E-state index contributed by atoms with van der Waals surface area (Å²) in [5.41, 5.74) is 5.33. The van der Waals surface area contributed by atoms with Crippen molar-refractivity contribution in [2.75, 3.05) is 26.4 Å². The van der Waals surface area contributed by atoms with Crippen molar-refractivity contribution in [3.63, 3.8) is 0 Å². The average Bonchev–Trinajstić information content (AvgIpc) is 3.18. The first kappa shape index (κ1) is 54.8. The molecule has 332 valence electrons. The zero-order chi connectivity index (χ0) is 41.1. The lowest BCUT2D eigenvalue weighted by Crippen LogP contribution is -2.29. The summed E-state index contributed by atoms with van der Waals surface area (Å²) in [6.07, 6.45) is 45.9. The van der Waals surface area contributed by atoms with Gasteiger partial charge in [-0.05, 0) is 38.5 Å². The van der Waals surface area contributed by atoms with Gasteiger partial charge in [0.2, 0.25) is 0 Å². The molecule has 0 saturated heterocycles. The fourth-order valence-corrected chi connectivity index (χ4v) is 7.63. The molecule has 0 fully saturated rings. The number of hydrogen-bond acceptors (Lipinski definition) is 8. The van der Waals surface area contributed by atoms with Crippen LogP contribution in [0.4, 0.5) is 0 Å². The summed E-state index contributed by atoms with van der Waals surface area (Å²) in [5, 5.41) is 0. The van der Waals surface area contributed by atoms with Crippen LogP contribution in [-0.2, 0) is 32.7 Å². The predicted octanol–water partition coefficient (Wildman–Crippen LogP) is 13.8. The fourth-order valence-electron chi connectivity index (χ4n) is 6.87. The minimum atomic E-state index is -4.36. The molecule has 9 nitrogen and oxygen atoms in total. The molecule has 56 heavy (non-hydrogen) atoms. The van der Waals surface area contributed by atoms with Crippen molar-refractivity contribution >= 4 is 19.8 Å². The molecular weight excluding hydrogens is 725 g/mol. The molecule has 0 aromatic rings. The van der Waals surface area contributed by atoms with E-state index < -0.39 is 26.5 Å². The number of carbonyl (C=O) groups excluding carboxylic acids is 2. The highest BCUT2D eigenvalue weighted by molar-refractivity contribution is 7.47. The van der Waals surface area contributed by atoms with Crippen LogP contribution in [0.2, 0.25) is 0 Å². The normalized spacial score (nSPS) is 13.3. The number of unbranched alkanes of at least 4 members (excludes halogenated alkanes) is 30. The third-order valence-electron chi connectivity index (χ3n) is 10.4. The maximum Gasteiger partial charge on any atom is 0.472 e. The predicted molar refractivity (Wildman–Crippen MR) is 234 cm³/mol. The van der Waals surface area contributed by atoms with Gasteiger partial charge in [0.1, 0.15) is 6.61 Å². The Bertz CT molecular complexity index is 933. The number of nitrogens with two attached hydrogens (primary N) is 1. The van der Waals surface area contributed by atoms with Crippen molar-refractivity contribution in [3.05, 3.63) is 12.2 Å². The quantitative estimate of drug-likeness (QED) is 0.0266. The van der Waals surface area contributed by atoms with Crippen LogP contribution in [0.1, 0.15) is 239 Å². The molecule has 0 aliphatic carbocycles. The molecule has 0 aromatic carbocycles. The van der Waals surface area contributed by atoms with Crippen molar-refractivity contribution in [2.24, 2.45) is 5.73 Å². The second kappa shape index (κ2) is 43.3. The highest BCUT2D eigenvalue weighted by atomic mass is 31.2. The molecule has 0 aromatic heterocycles. The van der Waals surface area contributed by atoms with Gasteiger partial charge in [-0.15, -0.1) is 0 Å². The summed E-state index contributed by atoms with van der Waals surface area (Å²) in [4.78, 5) is 34.6. The van der Waals surface area contributed by atoms with Gasteiger partial charge in [-0.25, -0.2) is 4.57 Å². The van der Waals surface area contributed by atoms with E-state index in [1.807, 2.05) is 0 Å². The van der Waals surface area contributed by atoms with Gasteiger partial charge in [0, 0.05) is 19.4 Å². The molecule has 0 saturated carbocycles. The molecule has 10 heteroatoms. The molecule has 0 aliphatic heterocycles. The lowest BCUT2D eigenvalue weighted by molar-refractivity contribution is -0.161. The first-order chi connectivity index (χ1) is 27.3. The number of allylic oxidation sites excluding steroid dienone is 2. The van der Waals surface area contributed by atoms with Gasteiger partial charge in [0.25, 0.3) is 0 Å². The van der Waals surface area contributed by atoms with Gasteiger partial charge in [-0.3, -0.25) is 18.6 Å². The fraction of sp³-hybridized carbons (Fsp3) is 0.913. The number of phosphoric acid groups is 1. The maximum atomic E-state index is 12.5. The van der Waals surface area contributed by atoms with Gasteiger partial charge in [0.15, 0.2) is 6.10 Å². The summed E-state index contributed by atoms with van der Waals surface area (Å²) < 4.78 is 32.6. The monoisotopic (exact) mass is 816 g/mol. The Hall–Kier alpha value is -1.25. The van der Waals surface area contributed by atoms with Gasteiger partial charge >= 0.3 is 19.8 Å². The Balaban J connectivity index is 3.78. The Morgan fingerprint density at radius 2 is 0.875 bits per heavy atom. The second-order valence-electron chi connectivity index (χ2n) is 16.0. The highest BCUT2D eigenvalue weighted by Crippen LogP contribution is 2.43. The molecule has 2 unspecified atom stereocenters. The Morgan fingerprint density at radius 3 is 1.27 bits per heavy atom.